The highest BCUT2D eigenvalue weighted by atomic mass is 35.5. The van der Waals surface area contributed by atoms with Crippen molar-refractivity contribution in [1.82, 2.24) is 4.98 Å². The van der Waals surface area contributed by atoms with Crippen molar-refractivity contribution in [3.63, 3.8) is 0 Å². The smallest absolute Gasteiger partial charge is 0.164 e. The molecule has 2 unspecified atom stereocenters. The highest BCUT2D eigenvalue weighted by Crippen LogP contribution is 2.39. The van der Waals surface area contributed by atoms with Crippen LogP contribution in [0.5, 0.6) is 0 Å². The van der Waals surface area contributed by atoms with Gasteiger partial charge in [0.15, 0.2) is 5.79 Å². The quantitative estimate of drug-likeness (QED) is 0.739. The Morgan fingerprint density at radius 3 is 2.67 bits per heavy atom. The molecular formula is C11H14ClNO2. The zero-order valence-electron chi connectivity index (χ0n) is 9.03. The van der Waals surface area contributed by atoms with Crippen LogP contribution in [0.25, 0.3) is 0 Å². The minimum atomic E-state index is -0.552. The summed E-state index contributed by atoms with van der Waals surface area (Å²) in [7, 11) is 0. The molecule has 1 aliphatic heterocycles. The summed E-state index contributed by atoms with van der Waals surface area (Å²) in [6.45, 7) is 5.77. The summed E-state index contributed by atoms with van der Waals surface area (Å²) in [6.07, 6.45) is 3.24. The van der Waals surface area contributed by atoms with Crippen LogP contribution < -0.4 is 0 Å². The van der Waals surface area contributed by atoms with Crippen molar-refractivity contribution < 1.29 is 9.47 Å². The van der Waals surface area contributed by atoms with E-state index in [0.717, 1.165) is 5.56 Å². The van der Waals surface area contributed by atoms with Gasteiger partial charge in [0.25, 0.3) is 0 Å². The lowest BCUT2D eigenvalue weighted by Crippen LogP contribution is -2.20. The average Bonchev–Trinajstić information content (AvgIpc) is 2.40. The van der Waals surface area contributed by atoms with Crippen LogP contribution in [0.2, 0.25) is 5.02 Å². The third-order valence-electron chi connectivity index (χ3n) is 2.41. The molecular weight excluding hydrogens is 214 g/mol. The fourth-order valence-electron chi connectivity index (χ4n) is 1.85. The minimum absolute atomic E-state index is 0.0123. The molecule has 1 aromatic rings. The number of rotatable bonds is 1. The van der Waals surface area contributed by atoms with E-state index >= 15 is 0 Å². The van der Waals surface area contributed by atoms with Gasteiger partial charge in [0, 0.05) is 23.0 Å². The van der Waals surface area contributed by atoms with E-state index in [4.69, 9.17) is 21.1 Å². The Labute approximate surface area is 94.4 Å². The molecule has 0 aliphatic carbocycles. The highest BCUT2D eigenvalue weighted by Gasteiger charge is 2.40. The maximum absolute atomic E-state index is 6.09. The summed E-state index contributed by atoms with van der Waals surface area (Å²) in [5, 5.41) is 0.670. The van der Waals surface area contributed by atoms with Crippen LogP contribution in [0.3, 0.4) is 0 Å². The molecule has 0 radical (unpaired) electrons. The molecule has 2 heterocycles. The molecule has 0 bridgehead atoms. The van der Waals surface area contributed by atoms with Crippen molar-refractivity contribution in [2.24, 2.45) is 0 Å². The molecule has 0 saturated carbocycles. The van der Waals surface area contributed by atoms with Gasteiger partial charge in [-0.15, -0.1) is 0 Å². The van der Waals surface area contributed by atoms with E-state index in [-0.39, 0.29) is 12.2 Å². The fourth-order valence-corrected chi connectivity index (χ4v) is 2.07. The molecule has 15 heavy (non-hydrogen) atoms. The van der Waals surface area contributed by atoms with Crippen molar-refractivity contribution in [2.75, 3.05) is 0 Å². The summed E-state index contributed by atoms with van der Waals surface area (Å²) >= 11 is 6.09. The zero-order valence-corrected chi connectivity index (χ0v) is 9.78. The first-order valence-electron chi connectivity index (χ1n) is 4.95. The van der Waals surface area contributed by atoms with Gasteiger partial charge in [0.1, 0.15) is 6.10 Å². The molecule has 0 aromatic carbocycles. The second-order valence-electron chi connectivity index (χ2n) is 4.16. The van der Waals surface area contributed by atoms with Gasteiger partial charge in [-0.1, -0.05) is 11.6 Å². The summed E-state index contributed by atoms with van der Waals surface area (Å²) < 4.78 is 11.4. The number of hydrogen-bond donors (Lipinski definition) is 0. The maximum atomic E-state index is 6.09. The van der Waals surface area contributed by atoms with Crippen LogP contribution >= 0.6 is 11.6 Å². The lowest BCUT2D eigenvalue weighted by atomic mass is 10.1. The molecule has 1 aromatic heterocycles. The predicted molar refractivity (Wildman–Crippen MR) is 57.7 cm³/mol. The van der Waals surface area contributed by atoms with Gasteiger partial charge in [-0.05, 0) is 26.8 Å². The third-order valence-corrected chi connectivity index (χ3v) is 2.75. The molecule has 4 heteroatoms. The Hall–Kier alpha value is -0.640. The van der Waals surface area contributed by atoms with Crippen LogP contribution in [0.4, 0.5) is 0 Å². The Morgan fingerprint density at radius 2 is 2.13 bits per heavy atom. The first-order chi connectivity index (χ1) is 6.99. The van der Waals surface area contributed by atoms with E-state index in [1.807, 2.05) is 20.8 Å². The lowest BCUT2D eigenvalue weighted by molar-refractivity contribution is -0.145. The van der Waals surface area contributed by atoms with E-state index in [2.05, 4.69) is 4.98 Å². The molecule has 1 aliphatic rings. The van der Waals surface area contributed by atoms with Gasteiger partial charge >= 0.3 is 0 Å². The molecule has 3 nitrogen and oxygen atoms in total. The first kappa shape index (κ1) is 10.9. The standard InChI is InChI=1S/C11H14ClNO2/c1-7-10(15-11(2,3)14-7)8-6-13-5-4-9(8)12/h4-7,10H,1-3H3. The van der Waals surface area contributed by atoms with Gasteiger partial charge in [0.2, 0.25) is 0 Å². The second-order valence-corrected chi connectivity index (χ2v) is 4.57. The van der Waals surface area contributed by atoms with E-state index in [1.165, 1.54) is 0 Å². The molecule has 2 rings (SSSR count). The topological polar surface area (TPSA) is 31.4 Å². The van der Waals surface area contributed by atoms with Crippen LogP contribution in [0.1, 0.15) is 32.4 Å². The number of ether oxygens (including phenoxy) is 2. The van der Waals surface area contributed by atoms with Crippen LogP contribution in [0, 0.1) is 0 Å². The number of nitrogens with zero attached hydrogens (tertiary/aromatic N) is 1. The van der Waals surface area contributed by atoms with Gasteiger partial charge in [-0.2, -0.15) is 0 Å². The molecule has 0 amide bonds. The predicted octanol–water partition coefficient (Wildman–Crippen LogP) is 2.95. The number of halogens is 1. The van der Waals surface area contributed by atoms with Gasteiger partial charge in [-0.25, -0.2) is 0 Å². The minimum Gasteiger partial charge on any atom is -0.344 e. The Kier molecular flexibility index (Phi) is 2.71. The Morgan fingerprint density at radius 1 is 1.40 bits per heavy atom. The van der Waals surface area contributed by atoms with E-state index < -0.39 is 5.79 Å². The lowest BCUT2D eigenvalue weighted by Gasteiger charge is -2.17. The normalized spacial score (nSPS) is 29.3. The van der Waals surface area contributed by atoms with Gasteiger partial charge in [-0.3, -0.25) is 4.98 Å². The molecule has 2 atom stereocenters. The largest absolute Gasteiger partial charge is 0.344 e. The van der Waals surface area contributed by atoms with E-state index in [9.17, 15) is 0 Å². The Balaban J connectivity index is 2.29. The van der Waals surface area contributed by atoms with Crippen molar-refractivity contribution >= 4 is 11.6 Å². The van der Waals surface area contributed by atoms with Gasteiger partial charge in [0.05, 0.1) is 6.10 Å². The molecule has 82 valence electrons. The van der Waals surface area contributed by atoms with E-state index in [0.29, 0.717) is 5.02 Å². The van der Waals surface area contributed by atoms with E-state index in [1.54, 1.807) is 18.5 Å². The molecule has 0 spiro atoms. The second kappa shape index (κ2) is 3.74. The summed E-state index contributed by atoms with van der Waals surface area (Å²) in [5.74, 6) is -0.552. The van der Waals surface area contributed by atoms with Crippen LogP contribution in [-0.4, -0.2) is 16.9 Å². The zero-order chi connectivity index (χ0) is 11.1. The SMILES string of the molecule is CC1OC(C)(C)OC1c1cnccc1Cl. The molecule has 0 N–H and O–H groups in total. The van der Waals surface area contributed by atoms with Crippen molar-refractivity contribution in [1.29, 1.82) is 0 Å². The first-order valence-corrected chi connectivity index (χ1v) is 5.32. The maximum Gasteiger partial charge on any atom is 0.164 e. The number of aromatic nitrogens is 1. The summed E-state index contributed by atoms with van der Waals surface area (Å²) in [5.41, 5.74) is 0.886. The third kappa shape index (κ3) is 2.14. The highest BCUT2D eigenvalue weighted by molar-refractivity contribution is 6.31. The molecule has 1 fully saturated rings. The fraction of sp³-hybridized carbons (Fsp3) is 0.545. The summed E-state index contributed by atoms with van der Waals surface area (Å²) in [4.78, 5) is 4.05. The van der Waals surface area contributed by atoms with Gasteiger partial charge < -0.3 is 9.47 Å². The average molecular weight is 228 g/mol. The molecule has 1 saturated heterocycles. The monoisotopic (exact) mass is 227 g/mol. The Bertz CT molecular complexity index is 367. The van der Waals surface area contributed by atoms with Crippen molar-refractivity contribution in [3.8, 4) is 0 Å². The van der Waals surface area contributed by atoms with Crippen LogP contribution in [0.15, 0.2) is 18.5 Å². The van der Waals surface area contributed by atoms with Crippen molar-refractivity contribution in [2.45, 2.75) is 38.8 Å². The van der Waals surface area contributed by atoms with Crippen LogP contribution in [-0.2, 0) is 9.47 Å². The summed E-state index contributed by atoms with van der Waals surface area (Å²) in [6, 6.07) is 1.76. The van der Waals surface area contributed by atoms with Crippen molar-refractivity contribution in [3.05, 3.63) is 29.0 Å². The number of pyridine rings is 1. The number of hydrogen-bond acceptors (Lipinski definition) is 3.